The maximum absolute atomic E-state index is 10.8. The van der Waals surface area contributed by atoms with Gasteiger partial charge in [-0.15, -0.1) is 0 Å². The SMILES string of the molecule is Oc1cc(OCc2ccccc2)ccc1C1N=CC=CN1c1ccc(OCc2ccccc2)cc1. The average molecular weight is 463 g/mol. The van der Waals surface area contributed by atoms with Crippen LogP contribution in [0.25, 0.3) is 0 Å². The number of ether oxygens (including phenoxy) is 2. The Balaban J connectivity index is 1.28. The van der Waals surface area contributed by atoms with Gasteiger partial charge in [-0.1, -0.05) is 60.7 Å². The fourth-order valence-corrected chi connectivity index (χ4v) is 3.90. The van der Waals surface area contributed by atoms with Crippen molar-refractivity contribution in [1.82, 2.24) is 0 Å². The maximum atomic E-state index is 10.8. The van der Waals surface area contributed by atoms with Gasteiger partial charge < -0.3 is 19.5 Å². The molecule has 0 bridgehead atoms. The molecule has 35 heavy (non-hydrogen) atoms. The van der Waals surface area contributed by atoms with Gasteiger partial charge in [-0.2, -0.15) is 0 Å². The van der Waals surface area contributed by atoms with E-state index in [-0.39, 0.29) is 11.9 Å². The van der Waals surface area contributed by atoms with Gasteiger partial charge in [0, 0.05) is 29.7 Å². The van der Waals surface area contributed by atoms with Gasteiger partial charge in [-0.05, 0) is 53.6 Å². The van der Waals surface area contributed by atoms with Crippen molar-refractivity contribution in [1.29, 1.82) is 0 Å². The molecule has 1 heterocycles. The second-order valence-corrected chi connectivity index (χ2v) is 8.18. The summed E-state index contributed by atoms with van der Waals surface area (Å²) in [6.07, 6.45) is 5.19. The molecule has 1 unspecified atom stereocenters. The van der Waals surface area contributed by atoms with E-state index in [4.69, 9.17) is 9.47 Å². The zero-order valence-electron chi connectivity index (χ0n) is 19.2. The van der Waals surface area contributed by atoms with Crippen molar-refractivity contribution >= 4 is 11.9 Å². The standard InChI is InChI=1S/C30H26N2O3/c33-29-20-27(35-22-24-10-5-2-6-11-24)16-17-28(29)30-31-18-7-19-32(30)25-12-14-26(15-13-25)34-21-23-8-3-1-4-9-23/h1-20,30,33H,21-22H2. The van der Waals surface area contributed by atoms with E-state index >= 15 is 0 Å². The third-order valence-electron chi connectivity index (χ3n) is 5.74. The van der Waals surface area contributed by atoms with Gasteiger partial charge in [0.2, 0.25) is 0 Å². The van der Waals surface area contributed by atoms with Crippen LogP contribution in [0.5, 0.6) is 17.2 Å². The number of nitrogens with zero attached hydrogens (tertiary/aromatic N) is 2. The van der Waals surface area contributed by atoms with E-state index in [2.05, 4.69) is 4.99 Å². The van der Waals surface area contributed by atoms with Crippen molar-refractivity contribution in [2.75, 3.05) is 4.90 Å². The maximum Gasteiger partial charge on any atom is 0.154 e. The monoisotopic (exact) mass is 462 g/mol. The van der Waals surface area contributed by atoms with Gasteiger partial charge in [0.05, 0.1) is 0 Å². The Bertz CT molecular complexity index is 1300. The number of benzene rings is 4. The minimum absolute atomic E-state index is 0.140. The molecule has 5 rings (SSSR count). The molecule has 4 aromatic rings. The predicted molar refractivity (Wildman–Crippen MR) is 139 cm³/mol. The number of phenolic OH excluding ortho intramolecular Hbond substituents is 1. The highest BCUT2D eigenvalue weighted by Gasteiger charge is 2.23. The molecule has 0 aliphatic carbocycles. The summed E-state index contributed by atoms with van der Waals surface area (Å²) in [4.78, 5) is 6.64. The first-order chi connectivity index (χ1) is 17.3. The first-order valence-electron chi connectivity index (χ1n) is 11.5. The van der Waals surface area contributed by atoms with Crippen LogP contribution in [0.15, 0.2) is 120 Å². The minimum atomic E-state index is -0.390. The molecular formula is C30H26N2O3. The molecule has 1 atom stereocenters. The molecule has 0 saturated carbocycles. The summed E-state index contributed by atoms with van der Waals surface area (Å²) in [6, 6.07) is 33.3. The quantitative estimate of drug-likeness (QED) is 0.318. The summed E-state index contributed by atoms with van der Waals surface area (Å²) in [7, 11) is 0. The Hall–Kier alpha value is -4.51. The Morgan fingerprint density at radius 2 is 1.31 bits per heavy atom. The normalized spacial score (nSPS) is 14.6. The van der Waals surface area contributed by atoms with Crippen molar-refractivity contribution in [3.05, 3.63) is 132 Å². The molecule has 0 amide bonds. The minimum Gasteiger partial charge on any atom is -0.507 e. The van der Waals surface area contributed by atoms with Crippen LogP contribution in [0.2, 0.25) is 0 Å². The molecule has 4 aromatic carbocycles. The number of rotatable bonds is 8. The Kier molecular flexibility index (Phi) is 6.76. The van der Waals surface area contributed by atoms with E-state index in [0.29, 0.717) is 24.5 Å². The van der Waals surface area contributed by atoms with E-state index in [1.807, 2.05) is 114 Å². The van der Waals surface area contributed by atoms with E-state index in [9.17, 15) is 5.11 Å². The van der Waals surface area contributed by atoms with Crippen LogP contribution in [-0.4, -0.2) is 11.3 Å². The highest BCUT2D eigenvalue weighted by Crippen LogP contribution is 2.37. The second kappa shape index (κ2) is 10.6. The molecule has 0 radical (unpaired) electrons. The van der Waals surface area contributed by atoms with E-state index in [1.165, 1.54) is 0 Å². The third kappa shape index (κ3) is 5.53. The van der Waals surface area contributed by atoms with Crippen LogP contribution in [0, 0.1) is 0 Å². The van der Waals surface area contributed by atoms with Crippen LogP contribution < -0.4 is 14.4 Å². The third-order valence-corrected chi connectivity index (χ3v) is 5.74. The fourth-order valence-electron chi connectivity index (χ4n) is 3.90. The van der Waals surface area contributed by atoms with Crippen molar-refractivity contribution in [2.45, 2.75) is 19.4 Å². The first kappa shape index (κ1) is 22.3. The molecule has 1 N–H and O–H groups in total. The lowest BCUT2D eigenvalue weighted by molar-refractivity contribution is 0.304. The molecule has 174 valence electrons. The number of phenols is 1. The van der Waals surface area contributed by atoms with Crippen molar-refractivity contribution in [2.24, 2.45) is 4.99 Å². The second-order valence-electron chi connectivity index (χ2n) is 8.18. The van der Waals surface area contributed by atoms with Crippen molar-refractivity contribution < 1.29 is 14.6 Å². The highest BCUT2D eigenvalue weighted by atomic mass is 16.5. The van der Waals surface area contributed by atoms with Gasteiger partial charge in [-0.3, -0.25) is 4.99 Å². The van der Waals surface area contributed by atoms with E-state index < -0.39 is 0 Å². The number of aromatic hydroxyl groups is 1. The molecular weight excluding hydrogens is 436 g/mol. The Labute approximate surface area is 205 Å². The fraction of sp³-hybridized carbons (Fsp3) is 0.100. The zero-order chi connectivity index (χ0) is 23.9. The lowest BCUT2D eigenvalue weighted by atomic mass is 10.1. The number of hydrogen-bond donors (Lipinski definition) is 1. The van der Waals surface area contributed by atoms with Crippen LogP contribution in [0.4, 0.5) is 5.69 Å². The lowest BCUT2D eigenvalue weighted by Gasteiger charge is -2.30. The number of anilines is 1. The summed E-state index contributed by atoms with van der Waals surface area (Å²) in [6.45, 7) is 0.956. The number of aliphatic imine (C=N–C) groups is 1. The smallest absolute Gasteiger partial charge is 0.154 e. The highest BCUT2D eigenvalue weighted by molar-refractivity contribution is 5.75. The molecule has 5 heteroatoms. The van der Waals surface area contributed by atoms with Crippen molar-refractivity contribution in [3.8, 4) is 17.2 Å². The van der Waals surface area contributed by atoms with Gasteiger partial charge in [0.25, 0.3) is 0 Å². The lowest BCUT2D eigenvalue weighted by Crippen LogP contribution is -2.24. The van der Waals surface area contributed by atoms with Gasteiger partial charge >= 0.3 is 0 Å². The Morgan fingerprint density at radius 3 is 1.94 bits per heavy atom. The van der Waals surface area contributed by atoms with Crippen LogP contribution in [0.1, 0.15) is 22.9 Å². The largest absolute Gasteiger partial charge is 0.507 e. The molecule has 0 saturated heterocycles. The molecule has 0 spiro atoms. The summed E-state index contributed by atoms with van der Waals surface area (Å²) in [5, 5.41) is 10.8. The summed E-state index contributed by atoms with van der Waals surface area (Å²) in [5.74, 6) is 1.54. The van der Waals surface area contributed by atoms with Crippen LogP contribution >= 0.6 is 0 Å². The van der Waals surface area contributed by atoms with E-state index in [1.54, 1.807) is 12.3 Å². The number of hydrogen-bond acceptors (Lipinski definition) is 5. The summed E-state index contributed by atoms with van der Waals surface area (Å²) < 4.78 is 11.8. The molecule has 1 aliphatic heterocycles. The zero-order valence-corrected chi connectivity index (χ0v) is 19.2. The van der Waals surface area contributed by atoms with E-state index in [0.717, 1.165) is 22.6 Å². The topological polar surface area (TPSA) is 54.3 Å². The van der Waals surface area contributed by atoms with Crippen LogP contribution in [0.3, 0.4) is 0 Å². The molecule has 0 aromatic heterocycles. The number of allylic oxidation sites excluding steroid dienone is 1. The van der Waals surface area contributed by atoms with Crippen molar-refractivity contribution in [3.63, 3.8) is 0 Å². The Morgan fingerprint density at radius 1 is 0.714 bits per heavy atom. The molecule has 1 aliphatic rings. The summed E-state index contributed by atoms with van der Waals surface area (Å²) in [5.41, 5.74) is 3.83. The van der Waals surface area contributed by atoms with Gasteiger partial charge in [0.15, 0.2) is 6.17 Å². The molecule has 5 nitrogen and oxygen atoms in total. The first-order valence-corrected chi connectivity index (χ1v) is 11.5. The van der Waals surface area contributed by atoms with Crippen LogP contribution in [-0.2, 0) is 13.2 Å². The van der Waals surface area contributed by atoms with Gasteiger partial charge in [0.1, 0.15) is 30.5 Å². The average Bonchev–Trinajstić information content (AvgIpc) is 2.92. The summed E-state index contributed by atoms with van der Waals surface area (Å²) >= 11 is 0. The molecule has 0 fully saturated rings. The predicted octanol–water partition coefficient (Wildman–Crippen LogP) is 6.65. The van der Waals surface area contributed by atoms with Gasteiger partial charge in [-0.25, -0.2) is 0 Å².